The standard InChI is InChI=1S/C18H25N5O4S/c1-4-9-23-17(24)15-8-6-5-7-14(15)16(19-23)18(25)21-10-12-22(13-11-21)28(26,27)20(2)3/h5-8H,4,9-13H2,1-3H3. The minimum Gasteiger partial charge on any atom is -0.335 e. The van der Waals surface area contributed by atoms with E-state index in [1.54, 1.807) is 29.2 Å². The lowest BCUT2D eigenvalue weighted by Gasteiger charge is -2.35. The predicted molar refractivity (Wildman–Crippen MR) is 106 cm³/mol. The lowest BCUT2D eigenvalue weighted by atomic mass is 10.1. The summed E-state index contributed by atoms with van der Waals surface area (Å²) < 4.78 is 28.4. The lowest BCUT2D eigenvalue weighted by Crippen LogP contribution is -2.53. The highest BCUT2D eigenvalue weighted by Gasteiger charge is 2.31. The summed E-state index contributed by atoms with van der Waals surface area (Å²) in [6.45, 7) is 3.36. The van der Waals surface area contributed by atoms with Crippen molar-refractivity contribution in [2.75, 3.05) is 40.3 Å². The molecule has 0 aliphatic carbocycles. The Morgan fingerprint density at radius 2 is 1.71 bits per heavy atom. The summed E-state index contributed by atoms with van der Waals surface area (Å²) in [5.41, 5.74) is 0.0171. The van der Waals surface area contributed by atoms with Gasteiger partial charge in [-0.3, -0.25) is 9.59 Å². The van der Waals surface area contributed by atoms with Crippen molar-refractivity contribution in [2.45, 2.75) is 19.9 Å². The molecular weight excluding hydrogens is 382 g/mol. The molecule has 152 valence electrons. The summed E-state index contributed by atoms with van der Waals surface area (Å²) in [7, 11) is -0.528. The lowest BCUT2D eigenvalue weighted by molar-refractivity contribution is 0.0688. The Hall–Kier alpha value is -2.30. The topological polar surface area (TPSA) is 95.8 Å². The number of piperazine rings is 1. The highest BCUT2D eigenvalue weighted by molar-refractivity contribution is 7.86. The molecule has 3 rings (SSSR count). The van der Waals surface area contributed by atoms with Gasteiger partial charge in [-0.05, 0) is 12.5 Å². The Balaban J connectivity index is 1.91. The smallest absolute Gasteiger partial charge is 0.281 e. The van der Waals surface area contributed by atoms with Crippen molar-refractivity contribution in [1.29, 1.82) is 0 Å². The van der Waals surface area contributed by atoms with Crippen molar-refractivity contribution in [3.63, 3.8) is 0 Å². The van der Waals surface area contributed by atoms with Gasteiger partial charge in [-0.1, -0.05) is 25.1 Å². The first kappa shape index (κ1) is 20.4. The number of fused-ring (bicyclic) bond motifs is 1. The molecule has 0 spiro atoms. The number of amides is 1. The zero-order valence-electron chi connectivity index (χ0n) is 16.3. The number of hydrogen-bond acceptors (Lipinski definition) is 5. The third kappa shape index (κ3) is 3.67. The third-order valence-corrected chi connectivity index (χ3v) is 6.76. The minimum atomic E-state index is -3.50. The van der Waals surface area contributed by atoms with Crippen LogP contribution in [0.3, 0.4) is 0 Å². The average Bonchev–Trinajstić information content (AvgIpc) is 2.69. The molecule has 28 heavy (non-hydrogen) atoms. The number of hydrogen-bond donors (Lipinski definition) is 0. The molecule has 1 aliphatic rings. The van der Waals surface area contributed by atoms with Crippen molar-refractivity contribution in [2.24, 2.45) is 0 Å². The fourth-order valence-corrected chi connectivity index (χ4v) is 4.35. The first-order valence-electron chi connectivity index (χ1n) is 9.24. The largest absolute Gasteiger partial charge is 0.335 e. The molecule has 9 nitrogen and oxygen atoms in total. The van der Waals surface area contributed by atoms with E-state index in [2.05, 4.69) is 5.10 Å². The number of rotatable bonds is 5. The Kier molecular flexibility index (Phi) is 5.82. The third-order valence-electron chi connectivity index (χ3n) is 4.82. The van der Waals surface area contributed by atoms with Gasteiger partial charge in [0.05, 0.1) is 5.39 Å². The molecule has 10 heteroatoms. The van der Waals surface area contributed by atoms with Gasteiger partial charge in [0.2, 0.25) is 0 Å². The Morgan fingerprint density at radius 1 is 1.11 bits per heavy atom. The van der Waals surface area contributed by atoms with E-state index in [1.165, 1.54) is 27.4 Å². The molecule has 0 saturated carbocycles. The van der Waals surface area contributed by atoms with E-state index in [1.807, 2.05) is 6.92 Å². The van der Waals surface area contributed by atoms with Gasteiger partial charge in [0, 0.05) is 52.2 Å². The molecule has 1 amide bonds. The summed E-state index contributed by atoms with van der Waals surface area (Å²) in [5.74, 6) is -0.289. The molecule has 1 aliphatic heterocycles. The highest BCUT2D eigenvalue weighted by Crippen LogP contribution is 2.17. The van der Waals surface area contributed by atoms with E-state index in [-0.39, 0.29) is 43.3 Å². The van der Waals surface area contributed by atoms with Gasteiger partial charge in [0.25, 0.3) is 21.7 Å². The van der Waals surface area contributed by atoms with Gasteiger partial charge in [-0.15, -0.1) is 0 Å². The number of aryl methyl sites for hydroxylation is 1. The Labute approximate surface area is 164 Å². The van der Waals surface area contributed by atoms with E-state index >= 15 is 0 Å². The Morgan fingerprint density at radius 3 is 2.29 bits per heavy atom. The van der Waals surface area contributed by atoms with Gasteiger partial charge in [-0.25, -0.2) is 4.68 Å². The number of benzene rings is 1. The van der Waals surface area contributed by atoms with Crippen molar-refractivity contribution >= 4 is 26.9 Å². The highest BCUT2D eigenvalue weighted by atomic mass is 32.2. The van der Waals surface area contributed by atoms with Crippen LogP contribution in [0.4, 0.5) is 0 Å². The number of aromatic nitrogens is 2. The van der Waals surface area contributed by atoms with E-state index in [0.29, 0.717) is 17.3 Å². The van der Waals surface area contributed by atoms with Gasteiger partial charge in [0.15, 0.2) is 5.69 Å². The fourth-order valence-electron chi connectivity index (χ4n) is 3.26. The quantitative estimate of drug-likeness (QED) is 0.714. The molecular formula is C18H25N5O4S. The second-order valence-corrected chi connectivity index (χ2v) is 9.05. The number of nitrogens with zero attached hydrogens (tertiary/aromatic N) is 5. The second kappa shape index (κ2) is 7.98. The SMILES string of the molecule is CCCn1nc(C(=O)N2CCN(S(=O)(=O)N(C)C)CC2)c2ccccc2c1=O. The number of carbonyl (C=O) groups is 1. The second-order valence-electron chi connectivity index (χ2n) is 6.90. The first-order chi connectivity index (χ1) is 13.3. The monoisotopic (exact) mass is 407 g/mol. The van der Waals surface area contributed by atoms with E-state index in [0.717, 1.165) is 6.42 Å². The zero-order chi connectivity index (χ0) is 20.5. The van der Waals surface area contributed by atoms with Gasteiger partial charge < -0.3 is 4.90 Å². The van der Waals surface area contributed by atoms with Crippen LogP contribution in [0.25, 0.3) is 10.8 Å². The molecule has 0 radical (unpaired) electrons. The molecule has 1 fully saturated rings. The van der Waals surface area contributed by atoms with E-state index < -0.39 is 10.2 Å². The van der Waals surface area contributed by atoms with Crippen molar-refractivity contribution in [1.82, 2.24) is 23.3 Å². The van der Waals surface area contributed by atoms with Crippen LogP contribution >= 0.6 is 0 Å². The molecule has 1 aromatic heterocycles. The number of carbonyl (C=O) groups excluding carboxylic acids is 1. The van der Waals surface area contributed by atoms with Crippen LogP contribution in [0.15, 0.2) is 29.1 Å². The summed E-state index contributed by atoms with van der Waals surface area (Å²) in [4.78, 5) is 27.3. The van der Waals surface area contributed by atoms with E-state index in [9.17, 15) is 18.0 Å². The predicted octanol–water partition coefficient (Wildman–Crippen LogP) is 0.371. The molecule has 1 saturated heterocycles. The summed E-state index contributed by atoms with van der Waals surface area (Å²) in [5, 5.41) is 5.32. The summed E-state index contributed by atoms with van der Waals surface area (Å²) in [6.07, 6.45) is 0.722. The summed E-state index contributed by atoms with van der Waals surface area (Å²) in [6, 6.07) is 6.95. The van der Waals surface area contributed by atoms with Crippen molar-refractivity contribution in [3.8, 4) is 0 Å². The maximum Gasteiger partial charge on any atom is 0.281 e. The van der Waals surface area contributed by atoms with Crippen LogP contribution < -0.4 is 5.56 Å². The zero-order valence-corrected chi connectivity index (χ0v) is 17.1. The van der Waals surface area contributed by atoms with Gasteiger partial charge in [-0.2, -0.15) is 22.1 Å². The van der Waals surface area contributed by atoms with Crippen LogP contribution in [0.2, 0.25) is 0 Å². The van der Waals surface area contributed by atoms with Crippen LogP contribution in [0, 0.1) is 0 Å². The van der Waals surface area contributed by atoms with Crippen LogP contribution in [-0.2, 0) is 16.8 Å². The molecule has 2 heterocycles. The van der Waals surface area contributed by atoms with Crippen molar-refractivity contribution in [3.05, 3.63) is 40.3 Å². The average molecular weight is 407 g/mol. The fraction of sp³-hybridized carbons (Fsp3) is 0.500. The van der Waals surface area contributed by atoms with Gasteiger partial charge >= 0.3 is 0 Å². The molecule has 1 aromatic carbocycles. The van der Waals surface area contributed by atoms with Crippen LogP contribution in [-0.4, -0.2) is 77.9 Å². The molecule has 0 unspecified atom stereocenters. The van der Waals surface area contributed by atoms with E-state index in [4.69, 9.17) is 0 Å². The first-order valence-corrected chi connectivity index (χ1v) is 10.6. The minimum absolute atomic E-state index is 0.212. The Bertz CT molecular complexity index is 1040. The van der Waals surface area contributed by atoms with Crippen LogP contribution in [0.5, 0.6) is 0 Å². The molecule has 0 N–H and O–H groups in total. The maximum atomic E-state index is 13.1. The van der Waals surface area contributed by atoms with Crippen LogP contribution in [0.1, 0.15) is 23.8 Å². The molecule has 0 bridgehead atoms. The maximum absolute atomic E-state index is 13.1. The molecule has 2 aromatic rings. The normalized spacial score (nSPS) is 16.1. The molecule has 0 atom stereocenters. The summed E-state index contributed by atoms with van der Waals surface area (Å²) >= 11 is 0. The van der Waals surface area contributed by atoms with Crippen molar-refractivity contribution < 1.29 is 13.2 Å². The van der Waals surface area contributed by atoms with Gasteiger partial charge in [0.1, 0.15) is 0 Å².